The molecule has 14 rings (SSSR count). The minimum Gasteiger partial charge on any atom is -0.481 e. The standard InChI is InChI=1S/C45H53N7O6.C37H40N4O2.C8H14O4.CH4/c1-26(2)39(49-44(55)57-5)42(53)51-19-9-15-37(51)35-23-32(24-46-35)28-11-7-12-29(21-28)33-14-8-13-30-22-31(17-18-34(30)33)36-25-47-41(48-36)38-16-10-20-52(38)43(54)40(27(3)4)50-45(56)58-6;1-37(2,3)43-36(42)41-18-8-15-34(41)32-21-29(22-38-32)25-11-6-12-26(19-25)30-14-7-13-27-20-28(16-17-31(27)30)33-23-39-35(40-33)24-9-4-5-10-24;1-5(2)6(8(10)11)4-7(9)12-3;/h7-8,11-14,17-18,21-22,24-27,37-40H,9-10,15-16,19-20,23H2,1-6H3,(H,47,48)(H,49,55)(H,50,56);6-7,11-14,16-17,19-20,22-24,34H,4-5,8-10,15,18,21H2,1-3H3,(H,39,40);5-6H,4H2,1-3H3,(H,10,11);1H4/t37-,38-,39-,40-;;6-;/m0.0./s1. The minimum atomic E-state index is -0.949. The number of carboxylic acid groups (broad SMARTS) is 1. The number of carboxylic acids is 1. The third-order valence-electron chi connectivity index (χ3n) is 22.5. The number of nitrogens with one attached hydrogen (secondary N) is 4. The number of likely N-dealkylation sites (tertiary alicyclic amines) is 3. The van der Waals surface area contributed by atoms with E-state index < -0.39 is 47.7 Å². The second kappa shape index (κ2) is 37.2. The van der Waals surface area contributed by atoms with E-state index in [-0.39, 0.29) is 67.6 Å². The van der Waals surface area contributed by atoms with Crippen molar-refractivity contribution in [2.24, 2.45) is 33.7 Å². The molecule has 0 bridgehead atoms. The Morgan fingerprint density at radius 2 is 0.947 bits per heavy atom. The number of aliphatic imine (C=N–C) groups is 2. The summed E-state index contributed by atoms with van der Waals surface area (Å²) in [6, 6.07) is 41.6. The van der Waals surface area contributed by atoms with E-state index in [0.717, 1.165) is 118 Å². The first-order chi connectivity index (χ1) is 54.3. The summed E-state index contributed by atoms with van der Waals surface area (Å²) in [4.78, 5) is 117. The minimum absolute atomic E-state index is 0. The van der Waals surface area contributed by atoms with Crippen molar-refractivity contribution < 1.29 is 57.6 Å². The largest absolute Gasteiger partial charge is 0.481 e. The molecular weight excluding hydrogens is 1440 g/mol. The van der Waals surface area contributed by atoms with E-state index in [1.807, 2.05) is 88.0 Å². The highest BCUT2D eigenvalue weighted by atomic mass is 16.6. The van der Waals surface area contributed by atoms with Gasteiger partial charge in [0.1, 0.15) is 29.3 Å². The predicted molar refractivity (Wildman–Crippen MR) is 447 cm³/mol. The summed E-state index contributed by atoms with van der Waals surface area (Å²) in [5.41, 5.74) is 14.8. The number of esters is 1. The molecule has 23 heteroatoms. The first-order valence-electron chi connectivity index (χ1n) is 39.8. The molecule has 4 fully saturated rings. The van der Waals surface area contributed by atoms with Crippen LogP contribution in [0, 0.1) is 23.7 Å². The molecule has 1 unspecified atom stereocenters. The second-order valence-corrected chi connectivity index (χ2v) is 32.3. The number of aromatic nitrogens is 4. The molecule has 0 radical (unpaired) electrons. The Balaban J connectivity index is 0.000000201. The van der Waals surface area contributed by atoms with Crippen molar-refractivity contribution in [1.82, 2.24) is 45.3 Å². The SMILES string of the molecule is C.CC(C)(C)OC(=O)N1CCCC1C1=NC=C(c2cccc(-c3cccc4cc(-c5cnc(C6CCCC6)[nH]5)ccc34)c2)C1.COC(=O)C[C@H](C(=O)O)C(C)C.COC(=O)N[C@H](C(=O)N1CCC[C@H]1C1=NC=C(c2cccc(-c3cccc4cc(-c5cnc([C@@H]6CCCN6C(=O)[C@@H](NC(=O)OC)C(C)C)[nH]5)ccc34)c2)C1)C(C)C. The van der Waals surface area contributed by atoms with Gasteiger partial charge in [-0.1, -0.05) is 159 Å². The number of hydrogen-bond donors (Lipinski definition) is 5. The fourth-order valence-electron chi connectivity index (χ4n) is 16.3. The first kappa shape index (κ1) is 83.7. The van der Waals surface area contributed by atoms with Gasteiger partial charge in [-0.25, -0.2) is 24.4 Å². The number of imidazole rings is 2. The molecule has 6 aromatic carbocycles. The fraction of sp³-hybridized carbons (Fsp3) is 0.440. The number of nitrogens with zero attached hydrogens (tertiary/aromatic N) is 7. The summed E-state index contributed by atoms with van der Waals surface area (Å²) in [6.45, 7) is 18.9. The van der Waals surface area contributed by atoms with E-state index in [1.54, 1.807) is 13.8 Å². The van der Waals surface area contributed by atoms with Crippen molar-refractivity contribution in [3.8, 4) is 44.8 Å². The molecule has 2 aromatic heterocycles. The van der Waals surface area contributed by atoms with Gasteiger partial charge in [0.05, 0.1) is 75.6 Å². The van der Waals surface area contributed by atoms with E-state index in [9.17, 15) is 33.6 Å². The molecule has 0 spiro atoms. The van der Waals surface area contributed by atoms with Crippen molar-refractivity contribution in [2.45, 2.75) is 195 Å². The number of hydrogen-bond acceptors (Lipinski definition) is 15. The second-order valence-electron chi connectivity index (χ2n) is 32.3. The van der Waals surface area contributed by atoms with E-state index in [4.69, 9.17) is 39.3 Å². The first-order valence-corrected chi connectivity index (χ1v) is 39.8. The third kappa shape index (κ3) is 19.5. The molecule has 5 amide bonds. The fourth-order valence-corrected chi connectivity index (χ4v) is 16.3. The quantitative estimate of drug-likeness (QED) is 0.0350. The average Bonchev–Trinajstić information content (AvgIpc) is 1.16. The Hall–Kier alpha value is -11.2. The van der Waals surface area contributed by atoms with E-state index >= 15 is 0 Å². The van der Waals surface area contributed by atoms with E-state index in [2.05, 4.69) is 147 Å². The van der Waals surface area contributed by atoms with Gasteiger partial charge in [0.2, 0.25) is 11.8 Å². The van der Waals surface area contributed by atoms with Crippen molar-refractivity contribution in [2.75, 3.05) is 41.0 Å². The van der Waals surface area contributed by atoms with Gasteiger partial charge in [0.15, 0.2) is 0 Å². The van der Waals surface area contributed by atoms with Crippen LogP contribution in [0.4, 0.5) is 14.4 Å². The number of alkyl carbamates (subject to hydrolysis) is 2. The maximum Gasteiger partial charge on any atom is 0.410 e. The zero-order chi connectivity index (χ0) is 80.4. The van der Waals surface area contributed by atoms with Crippen molar-refractivity contribution >= 4 is 86.1 Å². The molecule has 23 nitrogen and oxygen atoms in total. The molecule has 5 aliphatic heterocycles. The highest BCUT2D eigenvalue weighted by molar-refractivity contribution is 6.06. The predicted octanol–water partition coefficient (Wildman–Crippen LogP) is 18.2. The van der Waals surface area contributed by atoms with Crippen LogP contribution in [-0.2, 0) is 38.1 Å². The lowest BCUT2D eigenvalue weighted by atomic mass is 9.93. The average molecular weight is 1550 g/mol. The number of benzene rings is 6. The Morgan fingerprint density at radius 3 is 1.40 bits per heavy atom. The number of amides is 5. The number of methoxy groups -OCH3 is 3. The highest BCUT2D eigenvalue weighted by Crippen LogP contribution is 2.41. The number of aromatic amines is 2. The lowest BCUT2D eigenvalue weighted by molar-refractivity contribution is -0.151. The summed E-state index contributed by atoms with van der Waals surface area (Å²) in [7, 11) is 3.85. The van der Waals surface area contributed by atoms with Crippen LogP contribution >= 0.6 is 0 Å². The molecule has 6 aliphatic rings. The number of carbonyl (C=O) groups is 7. The van der Waals surface area contributed by atoms with Gasteiger partial charge in [0.25, 0.3) is 0 Å². The van der Waals surface area contributed by atoms with Gasteiger partial charge in [-0.3, -0.25) is 34.1 Å². The monoisotopic (exact) mass is 1550 g/mol. The summed E-state index contributed by atoms with van der Waals surface area (Å²) in [5, 5.41) is 18.8. The zero-order valence-electron chi connectivity index (χ0n) is 67.0. The van der Waals surface area contributed by atoms with Crippen LogP contribution in [0.1, 0.15) is 188 Å². The molecular formula is C91H111N11O12. The van der Waals surface area contributed by atoms with Crippen molar-refractivity contribution in [1.29, 1.82) is 0 Å². The zero-order valence-corrected chi connectivity index (χ0v) is 67.0. The molecule has 1 saturated carbocycles. The lowest BCUT2D eigenvalue weighted by Gasteiger charge is -2.31. The summed E-state index contributed by atoms with van der Waals surface area (Å²) < 4.78 is 19.6. The van der Waals surface area contributed by atoms with Crippen LogP contribution in [0.25, 0.3) is 77.5 Å². The van der Waals surface area contributed by atoms with Crippen LogP contribution in [0.5, 0.6) is 0 Å². The molecule has 7 heterocycles. The molecule has 1 aliphatic carbocycles. The van der Waals surface area contributed by atoms with Crippen LogP contribution in [0.15, 0.2) is 156 Å². The van der Waals surface area contributed by atoms with Gasteiger partial charge < -0.3 is 54.5 Å². The molecule has 8 aromatic rings. The van der Waals surface area contributed by atoms with Crippen molar-refractivity contribution in [3.63, 3.8) is 0 Å². The number of rotatable bonds is 20. The number of carbonyl (C=O) groups excluding carboxylic acids is 6. The van der Waals surface area contributed by atoms with Gasteiger partial charge in [-0.15, -0.1) is 0 Å². The maximum absolute atomic E-state index is 13.7. The molecule has 602 valence electrons. The van der Waals surface area contributed by atoms with Crippen LogP contribution in [0.2, 0.25) is 0 Å². The van der Waals surface area contributed by atoms with E-state index in [1.165, 1.54) is 85.6 Å². The third-order valence-corrected chi connectivity index (χ3v) is 22.5. The van der Waals surface area contributed by atoms with Crippen molar-refractivity contribution in [3.05, 3.63) is 169 Å². The Kier molecular flexibility index (Phi) is 27.3. The molecule has 5 N–H and O–H groups in total. The highest BCUT2D eigenvalue weighted by Gasteiger charge is 2.41. The Labute approximate surface area is 668 Å². The topological polar surface area (TPSA) is 292 Å². The lowest BCUT2D eigenvalue weighted by Crippen LogP contribution is -2.53. The molecule has 3 saturated heterocycles. The van der Waals surface area contributed by atoms with Gasteiger partial charge in [-0.2, -0.15) is 0 Å². The van der Waals surface area contributed by atoms with Gasteiger partial charge in [-0.05, 0) is 180 Å². The summed E-state index contributed by atoms with van der Waals surface area (Å²) in [5.74, 6) is -0.132. The summed E-state index contributed by atoms with van der Waals surface area (Å²) in [6.07, 6.45) is 17.9. The van der Waals surface area contributed by atoms with Crippen LogP contribution in [-0.4, -0.2) is 164 Å². The smallest absolute Gasteiger partial charge is 0.410 e. The number of aliphatic carboxylic acids is 1. The molecule has 114 heavy (non-hydrogen) atoms. The van der Waals surface area contributed by atoms with E-state index in [0.29, 0.717) is 32.0 Å². The van der Waals surface area contributed by atoms with Gasteiger partial charge >= 0.3 is 30.2 Å². The number of fused-ring (bicyclic) bond motifs is 2. The Morgan fingerprint density at radius 1 is 0.509 bits per heavy atom. The van der Waals surface area contributed by atoms with Gasteiger partial charge in [0, 0.05) is 73.3 Å². The molecule has 6 atom stereocenters. The van der Waals surface area contributed by atoms with Crippen LogP contribution in [0.3, 0.4) is 0 Å². The number of ether oxygens (including phenoxy) is 4. The van der Waals surface area contributed by atoms with Crippen LogP contribution < -0.4 is 10.6 Å². The summed E-state index contributed by atoms with van der Waals surface area (Å²) >= 11 is 0. The number of allylic oxidation sites excluding steroid dienone is 2. The normalized spacial score (nSPS) is 18.2. The number of H-pyrrole nitrogens is 2. The maximum atomic E-state index is 13.7. The Bertz CT molecular complexity index is 4960.